The van der Waals surface area contributed by atoms with Gasteiger partial charge in [0.05, 0.1) is 5.56 Å². The zero-order chi connectivity index (χ0) is 25.5. The molecule has 0 aliphatic carbocycles. The molecule has 1 aliphatic heterocycles. The number of nitrogens with two attached hydrogens (primary N) is 1. The molecule has 3 heterocycles. The number of amidine groups is 1. The van der Waals surface area contributed by atoms with Crippen molar-refractivity contribution in [2.24, 2.45) is 5.73 Å². The molecule has 0 saturated heterocycles. The van der Waals surface area contributed by atoms with Gasteiger partial charge in [-0.25, -0.2) is 23.9 Å². The summed E-state index contributed by atoms with van der Waals surface area (Å²) in [5.74, 6) is -0.595. The van der Waals surface area contributed by atoms with Crippen LogP contribution in [0.25, 0.3) is 11.2 Å². The highest BCUT2D eigenvalue weighted by Crippen LogP contribution is 2.40. The minimum Gasteiger partial charge on any atom is -0.482 e. The number of nitrogens with zero attached hydrogens (tertiary/aromatic N) is 2. The zero-order valence-corrected chi connectivity index (χ0v) is 19.3. The molecule has 6 N–H and O–H groups in total. The fourth-order valence-corrected chi connectivity index (χ4v) is 3.89. The van der Waals surface area contributed by atoms with Crippen molar-refractivity contribution in [3.63, 3.8) is 0 Å². The lowest BCUT2D eigenvalue weighted by Gasteiger charge is -2.20. The molecule has 0 spiro atoms. The SMILES string of the molecule is CC(C)(C)OC(=O)c1ccc2c(c1)C(CCNC(=O)n1cnc3c(=O)[nH]c(=O)[nH]c31)C(C(=N)N)O2. The third kappa shape index (κ3) is 4.78. The van der Waals surface area contributed by atoms with Gasteiger partial charge in [-0.3, -0.25) is 20.2 Å². The molecule has 13 nitrogen and oxygen atoms in total. The summed E-state index contributed by atoms with van der Waals surface area (Å²) in [5.41, 5.74) is 4.51. The maximum Gasteiger partial charge on any atom is 0.338 e. The lowest BCUT2D eigenvalue weighted by atomic mass is 9.90. The molecule has 35 heavy (non-hydrogen) atoms. The second-order valence-corrected chi connectivity index (χ2v) is 9.10. The molecule has 1 aliphatic rings. The number of carbonyl (C=O) groups excluding carboxylic acids is 2. The van der Waals surface area contributed by atoms with Crippen molar-refractivity contribution in [3.8, 4) is 5.75 Å². The molecule has 2 unspecified atom stereocenters. The highest BCUT2D eigenvalue weighted by molar-refractivity contribution is 5.91. The van der Waals surface area contributed by atoms with E-state index in [1.165, 1.54) is 0 Å². The summed E-state index contributed by atoms with van der Waals surface area (Å²) in [4.78, 5) is 56.9. The Morgan fingerprint density at radius 3 is 2.71 bits per heavy atom. The van der Waals surface area contributed by atoms with Gasteiger partial charge in [-0.15, -0.1) is 0 Å². The number of ether oxygens (including phenoxy) is 2. The predicted octanol–water partition coefficient (Wildman–Crippen LogP) is 0.797. The molecule has 2 atom stereocenters. The van der Waals surface area contributed by atoms with E-state index in [2.05, 4.69) is 15.3 Å². The number of rotatable bonds is 5. The Kier molecular flexibility index (Phi) is 5.92. The van der Waals surface area contributed by atoms with E-state index in [0.717, 1.165) is 10.9 Å². The maximum atomic E-state index is 12.7. The molecule has 3 aromatic rings. The number of hydrogen-bond donors (Lipinski definition) is 5. The van der Waals surface area contributed by atoms with Crippen molar-refractivity contribution < 1.29 is 19.1 Å². The number of fused-ring (bicyclic) bond motifs is 2. The molecule has 0 fully saturated rings. The molecule has 13 heteroatoms. The Morgan fingerprint density at radius 1 is 1.29 bits per heavy atom. The van der Waals surface area contributed by atoms with Gasteiger partial charge in [-0.2, -0.15) is 0 Å². The fourth-order valence-electron chi connectivity index (χ4n) is 3.89. The van der Waals surface area contributed by atoms with E-state index in [1.807, 2.05) is 4.98 Å². The quantitative estimate of drug-likeness (QED) is 0.199. The topological polar surface area (TPSA) is 198 Å². The summed E-state index contributed by atoms with van der Waals surface area (Å²) in [6.45, 7) is 5.45. The minimum atomic E-state index is -0.764. The number of H-pyrrole nitrogens is 2. The maximum absolute atomic E-state index is 12.7. The number of esters is 1. The Balaban J connectivity index is 1.52. The number of nitrogens with one attached hydrogen (secondary N) is 4. The number of carbonyl (C=O) groups is 2. The predicted molar refractivity (Wildman–Crippen MR) is 125 cm³/mol. The molecule has 1 aromatic carbocycles. The molecule has 4 rings (SSSR count). The van der Waals surface area contributed by atoms with Crippen LogP contribution in [0.5, 0.6) is 5.75 Å². The van der Waals surface area contributed by atoms with Crippen LogP contribution < -0.4 is 27.0 Å². The number of aromatic amines is 2. The highest BCUT2D eigenvalue weighted by Gasteiger charge is 2.37. The Bertz CT molecular complexity index is 1440. The molecular formula is C22H25N7O6. The van der Waals surface area contributed by atoms with Gasteiger partial charge in [-0.1, -0.05) is 0 Å². The number of aromatic nitrogens is 4. The summed E-state index contributed by atoms with van der Waals surface area (Å²) in [6.07, 6.45) is 0.689. The van der Waals surface area contributed by atoms with Gasteiger partial charge < -0.3 is 20.5 Å². The van der Waals surface area contributed by atoms with Crippen molar-refractivity contribution in [1.29, 1.82) is 5.41 Å². The third-order valence-electron chi connectivity index (χ3n) is 5.36. The van der Waals surface area contributed by atoms with Crippen molar-refractivity contribution in [3.05, 3.63) is 56.5 Å². The van der Waals surface area contributed by atoms with Gasteiger partial charge in [-0.05, 0) is 45.4 Å². The molecule has 0 bridgehead atoms. The van der Waals surface area contributed by atoms with Crippen LogP contribution in [0.3, 0.4) is 0 Å². The van der Waals surface area contributed by atoms with E-state index < -0.39 is 40.9 Å². The number of hydrogen-bond acceptors (Lipinski definition) is 8. The van der Waals surface area contributed by atoms with Gasteiger partial charge in [0.25, 0.3) is 5.56 Å². The largest absolute Gasteiger partial charge is 0.482 e. The van der Waals surface area contributed by atoms with Crippen LogP contribution in [-0.4, -0.2) is 55.6 Å². The molecule has 1 amide bonds. The van der Waals surface area contributed by atoms with Crippen LogP contribution in [0, 0.1) is 5.41 Å². The van der Waals surface area contributed by atoms with Crippen LogP contribution in [0.15, 0.2) is 34.1 Å². The molecule has 184 valence electrons. The van der Waals surface area contributed by atoms with E-state index in [1.54, 1.807) is 39.0 Å². The fraction of sp³-hybridized carbons (Fsp3) is 0.364. The number of amides is 1. The van der Waals surface area contributed by atoms with Crippen LogP contribution in [-0.2, 0) is 4.74 Å². The van der Waals surface area contributed by atoms with Crippen LogP contribution in [0.2, 0.25) is 0 Å². The highest BCUT2D eigenvalue weighted by atomic mass is 16.6. The normalized spacial score (nSPS) is 17.0. The minimum absolute atomic E-state index is 0.0330. The van der Waals surface area contributed by atoms with Gasteiger partial charge in [0.15, 0.2) is 17.3 Å². The van der Waals surface area contributed by atoms with E-state index in [-0.39, 0.29) is 23.5 Å². The average Bonchev–Trinajstić information content (AvgIpc) is 3.34. The first-order chi connectivity index (χ1) is 16.4. The van der Waals surface area contributed by atoms with Crippen molar-refractivity contribution >= 4 is 29.0 Å². The number of imidazole rings is 1. The van der Waals surface area contributed by atoms with Gasteiger partial charge >= 0.3 is 17.7 Å². The lowest BCUT2D eigenvalue weighted by molar-refractivity contribution is 0.00693. The van der Waals surface area contributed by atoms with E-state index in [4.69, 9.17) is 20.6 Å². The van der Waals surface area contributed by atoms with E-state index >= 15 is 0 Å². The third-order valence-corrected chi connectivity index (χ3v) is 5.36. The second-order valence-electron chi connectivity index (χ2n) is 9.10. The van der Waals surface area contributed by atoms with Crippen LogP contribution >= 0.6 is 0 Å². The Labute approximate surface area is 198 Å². The lowest BCUT2D eigenvalue weighted by Crippen LogP contribution is -2.37. The van der Waals surface area contributed by atoms with Crippen LogP contribution in [0.4, 0.5) is 4.79 Å². The van der Waals surface area contributed by atoms with Crippen molar-refractivity contribution in [2.75, 3.05) is 6.54 Å². The molecule has 0 saturated carbocycles. The first-order valence-electron chi connectivity index (χ1n) is 10.8. The molecule has 2 aromatic heterocycles. The summed E-state index contributed by atoms with van der Waals surface area (Å²) in [7, 11) is 0. The van der Waals surface area contributed by atoms with E-state index in [0.29, 0.717) is 23.3 Å². The molecule has 0 radical (unpaired) electrons. The summed E-state index contributed by atoms with van der Waals surface area (Å²) >= 11 is 0. The first kappa shape index (κ1) is 23.7. The van der Waals surface area contributed by atoms with E-state index in [9.17, 15) is 19.2 Å². The summed E-state index contributed by atoms with van der Waals surface area (Å²) in [5, 5.41) is 10.6. The summed E-state index contributed by atoms with van der Waals surface area (Å²) < 4.78 is 12.3. The average molecular weight is 483 g/mol. The smallest absolute Gasteiger partial charge is 0.338 e. The van der Waals surface area contributed by atoms with Crippen molar-refractivity contribution in [1.82, 2.24) is 24.8 Å². The van der Waals surface area contributed by atoms with Crippen molar-refractivity contribution in [2.45, 2.75) is 44.8 Å². The van der Waals surface area contributed by atoms with Crippen LogP contribution in [0.1, 0.15) is 49.0 Å². The second kappa shape index (κ2) is 8.74. The first-order valence-corrected chi connectivity index (χ1v) is 10.8. The van der Waals surface area contributed by atoms with Gasteiger partial charge in [0.1, 0.15) is 23.5 Å². The Morgan fingerprint density at radius 2 is 2.03 bits per heavy atom. The standard InChI is InChI=1S/C22H25N7O6/c1-22(2,3)35-19(31)10-4-5-13-12(8-10)11(15(34-13)16(23)24)6-7-25-21(33)29-9-26-14-17(29)27-20(32)28-18(14)30/h4-5,8-9,11,15H,6-7H2,1-3H3,(H3,23,24)(H,25,33)(H2,27,28,30,32). The summed E-state index contributed by atoms with van der Waals surface area (Å²) in [6, 6.07) is 4.25. The monoisotopic (exact) mass is 483 g/mol. The molecular weight excluding hydrogens is 458 g/mol. The van der Waals surface area contributed by atoms with Gasteiger partial charge in [0.2, 0.25) is 0 Å². The van der Waals surface area contributed by atoms with Gasteiger partial charge in [0, 0.05) is 18.0 Å². The Hall–Kier alpha value is -4.42. The zero-order valence-electron chi connectivity index (χ0n) is 19.3. The number of benzene rings is 1.